The molecule has 3 aliphatic heterocycles. The molecule has 3 aliphatic rings. The molecule has 2 aromatic carbocycles. The maximum atomic E-state index is 13.5. The number of nitrogens with zero attached hydrogens (tertiary/aromatic N) is 3. The van der Waals surface area contributed by atoms with Gasteiger partial charge in [0.25, 0.3) is 5.91 Å². The molecule has 2 saturated heterocycles. The molecule has 0 saturated carbocycles. The third-order valence-corrected chi connectivity index (χ3v) is 7.20. The van der Waals surface area contributed by atoms with Crippen LogP contribution in [-0.4, -0.2) is 91.5 Å². The van der Waals surface area contributed by atoms with Crippen molar-refractivity contribution >= 4 is 5.91 Å². The summed E-state index contributed by atoms with van der Waals surface area (Å²) in [7, 11) is 4.01. The monoisotopic (exact) mass is 475 g/mol. The highest BCUT2D eigenvalue weighted by Crippen LogP contribution is 2.42. The highest BCUT2D eigenvalue weighted by molar-refractivity contribution is 5.95. The van der Waals surface area contributed by atoms with Gasteiger partial charge in [-0.3, -0.25) is 14.6 Å². The van der Waals surface area contributed by atoms with Crippen molar-refractivity contribution < 1.29 is 19.4 Å². The zero-order valence-corrected chi connectivity index (χ0v) is 20.4. The molecule has 0 aromatic heterocycles. The van der Waals surface area contributed by atoms with E-state index >= 15 is 0 Å². The zero-order valence-electron chi connectivity index (χ0n) is 20.4. The van der Waals surface area contributed by atoms with E-state index in [9.17, 15) is 9.90 Å². The van der Waals surface area contributed by atoms with E-state index in [-0.39, 0.29) is 37.3 Å². The first kappa shape index (κ1) is 23.7. The number of rotatable bonds is 4. The van der Waals surface area contributed by atoms with E-state index in [1.165, 1.54) is 5.56 Å². The quantitative estimate of drug-likeness (QED) is 0.686. The summed E-state index contributed by atoms with van der Waals surface area (Å²) >= 11 is 0. The minimum absolute atomic E-state index is 0.0165. The molecule has 0 unspecified atom stereocenters. The number of benzene rings is 2. The summed E-state index contributed by atoms with van der Waals surface area (Å²) in [6.45, 7) is 3.35. The fraction of sp³-hybridized carbons (Fsp3) is 0.464. The van der Waals surface area contributed by atoms with Crippen LogP contribution in [0.2, 0.25) is 0 Å². The Morgan fingerprint density at radius 3 is 2.63 bits per heavy atom. The smallest absolute Gasteiger partial charge is 0.254 e. The van der Waals surface area contributed by atoms with Gasteiger partial charge in [0.15, 0.2) is 11.5 Å². The van der Waals surface area contributed by atoms with Crippen LogP contribution < -0.4 is 9.47 Å². The lowest BCUT2D eigenvalue weighted by atomic mass is 9.74. The molecule has 0 spiro atoms. The SMILES string of the molecule is CN(C)CC#Cc1ccc([C@@H]2[C@H](CO)N3CCCCN(C(=O)c4ccc5c(c4)OCO5)C[C@@H]23)cc1. The molecule has 2 aromatic rings. The summed E-state index contributed by atoms with van der Waals surface area (Å²) in [6, 6.07) is 14.1. The van der Waals surface area contributed by atoms with Crippen LogP contribution in [0.4, 0.5) is 0 Å². The Morgan fingerprint density at radius 1 is 1.09 bits per heavy atom. The predicted octanol–water partition coefficient (Wildman–Crippen LogP) is 2.39. The number of aliphatic hydroxyl groups is 1. The van der Waals surface area contributed by atoms with Crippen LogP contribution in [0.5, 0.6) is 11.5 Å². The molecular formula is C28H33N3O4. The Labute approximate surface area is 207 Å². The van der Waals surface area contributed by atoms with Gasteiger partial charge >= 0.3 is 0 Å². The average molecular weight is 476 g/mol. The lowest BCUT2D eigenvalue weighted by Crippen LogP contribution is -2.67. The van der Waals surface area contributed by atoms with Crippen molar-refractivity contribution in [3.63, 3.8) is 0 Å². The molecule has 35 heavy (non-hydrogen) atoms. The fourth-order valence-corrected chi connectivity index (χ4v) is 5.43. The van der Waals surface area contributed by atoms with Crippen LogP contribution in [0, 0.1) is 11.8 Å². The van der Waals surface area contributed by atoms with Crippen LogP contribution in [0.1, 0.15) is 40.2 Å². The first-order valence-electron chi connectivity index (χ1n) is 12.3. The largest absolute Gasteiger partial charge is 0.454 e. The lowest BCUT2D eigenvalue weighted by molar-refractivity contribution is -0.0606. The summed E-state index contributed by atoms with van der Waals surface area (Å²) in [6.07, 6.45) is 1.95. The summed E-state index contributed by atoms with van der Waals surface area (Å²) in [5.41, 5.74) is 2.81. The van der Waals surface area contributed by atoms with E-state index in [1.807, 2.05) is 36.0 Å². The van der Waals surface area contributed by atoms with E-state index < -0.39 is 0 Å². The average Bonchev–Trinajstić information content (AvgIpc) is 3.31. The van der Waals surface area contributed by atoms with Gasteiger partial charge < -0.3 is 19.5 Å². The number of amides is 1. The Bertz CT molecular complexity index is 1120. The summed E-state index contributed by atoms with van der Waals surface area (Å²) in [5, 5.41) is 10.2. The van der Waals surface area contributed by atoms with E-state index in [0.717, 1.165) is 38.0 Å². The van der Waals surface area contributed by atoms with Crippen molar-refractivity contribution in [1.82, 2.24) is 14.7 Å². The molecule has 184 valence electrons. The van der Waals surface area contributed by atoms with E-state index in [0.29, 0.717) is 23.6 Å². The maximum Gasteiger partial charge on any atom is 0.254 e. The van der Waals surface area contributed by atoms with Gasteiger partial charge in [-0.1, -0.05) is 24.0 Å². The second-order valence-corrected chi connectivity index (χ2v) is 9.77. The second kappa shape index (κ2) is 10.3. The number of carbonyl (C=O) groups is 1. The molecule has 1 N–H and O–H groups in total. The Kier molecular flexibility index (Phi) is 6.96. The van der Waals surface area contributed by atoms with Gasteiger partial charge in [0.2, 0.25) is 6.79 Å². The number of carbonyl (C=O) groups excluding carboxylic acids is 1. The minimum atomic E-state index is 0.0165. The normalized spacial score (nSPS) is 23.5. The summed E-state index contributed by atoms with van der Waals surface area (Å²) in [4.78, 5) is 19.9. The van der Waals surface area contributed by atoms with Gasteiger partial charge in [0.1, 0.15) is 0 Å². The van der Waals surface area contributed by atoms with Crippen LogP contribution in [0.25, 0.3) is 0 Å². The van der Waals surface area contributed by atoms with E-state index in [2.05, 4.69) is 41.0 Å². The molecular weight excluding hydrogens is 442 g/mol. The number of aliphatic hydroxyl groups excluding tert-OH is 1. The molecule has 5 rings (SSSR count). The third-order valence-electron chi connectivity index (χ3n) is 7.20. The predicted molar refractivity (Wildman–Crippen MR) is 134 cm³/mol. The van der Waals surface area contributed by atoms with Gasteiger partial charge in [-0.05, 0) is 69.4 Å². The van der Waals surface area contributed by atoms with Gasteiger partial charge in [0, 0.05) is 42.2 Å². The van der Waals surface area contributed by atoms with E-state index in [4.69, 9.17) is 9.47 Å². The summed E-state index contributed by atoms with van der Waals surface area (Å²) < 4.78 is 10.9. The standard InChI is InChI=1S/C28H33N3O4/c1-29(2)13-5-6-20-7-9-21(10-8-20)27-23-17-30(14-3-4-15-31(23)24(27)18-32)28(33)22-11-12-25-26(16-22)35-19-34-25/h7-12,16,23-24,27,32H,3-4,13-15,17-19H2,1-2H3/t23-,24-,27-/m0/s1. The van der Waals surface area contributed by atoms with Crippen molar-refractivity contribution in [3.05, 3.63) is 59.2 Å². The molecule has 3 heterocycles. The van der Waals surface area contributed by atoms with Gasteiger partial charge in [-0.2, -0.15) is 0 Å². The van der Waals surface area contributed by atoms with Crippen molar-refractivity contribution in [2.24, 2.45) is 0 Å². The highest BCUT2D eigenvalue weighted by atomic mass is 16.7. The van der Waals surface area contributed by atoms with Crippen LogP contribution in [-0.2, 0) is 0 Å². The van der Waals surface area contributed by atoms with Crippen LogP contribution in [0.15, 0.2) is 42.5 Å². The molecule has 1 amide bonds. The Hall–Kier alpha value is -3.05. The zero-order chi connectivity index (χ0) is 24.4. The Balaban J connectivity index is 1.34. The van der Waals surface area contributed by atoms with Gasteiger partial charge in [-0.15, -0.1) is 0 Å². The van der Waals surface area contributed by atoms with Gasteiger partial charge in [-0.25, -0.2) is 0 Å². The second-order valence-electron chi connectivity index (χ2n) is 9.77. The molecule has 3 atom stereocenters. The molecule has 7 nitrogen and oxygen atoms in total. The number of ether oxygens (including phenoxy) is 2. The Morgan fingerprint density at radius 2 is 1.86 bits per heavy atom. The van der Waals surface area contributed by atoms with Crippen molar-refractivity contribution in [2.75, 3.05) is 53.7 Å². The molecule has 7 heteroatoms. The third kappa shape index (κ3) is 4.87. The first-order chi connectivity index (χ1) is 17.0. The van der Waals surface area contributed by atoms with Crippen molar-refractivity contribution in [3.8, 4) is 23.3 Å². The van der Waals surface area contributed by atoms with Gasteiger partial charge in [0.05, 0.1) is 13.2 Å². The molecule has 0 radical (unpaired) electrons. The summed E-state index contributed by atoms with van der Waals surface area (Å²) in [5.74, 6) is 7.88. The molecule has 0 aliphatic carbocycles. The fourth-order valence-electron chi connectivity index (χ4n) is 5.43. The highest BCUT2D eigenvalue weighted by Gasteiger charge is 2.49. The van der Waals surface area contributed by atoms with Crippen LogP contribution >= 0.6 is 0 Å². The number of hydrogen-bond donors (Lipinski definition) is 1. The maximum absolute atomic E-state index is 13.5. The number of fused-ring (bicyclic) bond motifs is 2. The van der Waals surface area contributed by atoms with Crippen molar-refractivity contribution in [1.29, 1.82) is 0 Å². The molecule has 2 fully saturated rings. The topological polar surface area (TPSA) is 65.5 Å². The number of hydrogen-bond acceptors (Lipinski definition) is 6. The van der Waals surface area contributed by atoms with Crippen LogP contribution in [0.3, 0.4) is 0 Å². The minimum Gasteiger partial charge on any atom is -0.454 e. The molecule has 0 bridgehead atoms. The lowest BCUT2D eigenvalue weighted by Gasteiger charge is -2.57. The first-order valence-corrected chi connectivity index (χ1v) is 12.3. The van der Waals surface area contributed by atoms with Crippen molar-refractivity contribution in [2.45, 2.75) is 30.8 Å². The van der Waals surface area contributed by atoms with E-state index in [1.54, 1.807) is 6.07 Å².